The molecule has 0 unspecified atom stereocenters. The third-order valence-electron chi connectivity index (χ3n) is 7.53. The quantitative estimate of drug-likeness (QED) is 0.275. The van der Waals surface area contributed by atoms with Crippen molar-refractivity contribution in [3.63, 3.8) is 0 Å². The van der Waals surface area contributed by atoms with Crippen molar-refractivity contribution in [2.24, 2.45) is 11.8 Å². The largest absolute Gasteiger partial charge is 0.206 e. The van der Waals surface area contributed by atoms with Gasteiger partial charge in [-0.1, -0.05) is 86.4 Å². The molecule has 172 valence electrons. The normalized spacial score (nSPS) is 18.3. The van der Waals surface area contributed by atoms with Crippen LogP contribution in [0.2, 0.25) is 0 Å². The molecule has 1 saturated carbocycles. The van der Waals surface area contributed by atoms with Crippen LogP contribution in [0.1, 0.15) is 62.5 Å². The minimum atomic E-state index is -0.0917. The third kappa shape index (κ3) is 6.02. The van der Waals surface area contributed by atoms with Gasteiger partial charge in [-0.2, -0.15) is 0 Å². The van der Waals surface area contributed by atoms with Gasteiger partial charge in [0.15, 0.2) is 0 Å². The monoisotopic (exact) mass is 440 g/mol. The summed E-state index contributed by atoms with van der Waals surface area (Å²) in [6.45, 7) is 7.60. The molecule has 0 spiro atoms. The van der Waals surface area contributed by atoms with Crippen molar-refractivity contribution in [1.29, 1.82) is 0 Å². The highest BCUT2D eigenvalue weighted by atomic mass is 19.1. The Morgan fingerprint density at radius 2 is 1.39 bits per heavy atom. The summed E-state index contributed by atoms with van der Waals surface area (Å²) in [6.07, 6.45) is 15.9. The topological polar surface area (TPSA) is 0 Å². The van der Waals surface area contributed by atoms with Gasteiger partial charge in [-0.05, 0) is 84.1 Å². The zero-order valence-corrected chi connectivity index (χ0v) is 19.9. The fourth-order valence-corrected chi connectivity index (χ4v) is 5.36. The van der Waals surface area contributed by atoms with Crippen LogP contribution in [0.25, 0.3) is 21.9 Å². The van der Waals surface area contributed by atoms with Crippen LogP contribution >= 0.6 is 0 Å². The molecule has 1 aliphatic carbocycles. The minimum Gasteiger partial charge on any atom is -0.206 e. The summed E-state index contributed by atoms with van der Waals surface area (Å²) in [5.41, 5.74) is 4.53. The van der Waals surface area contributed by atoms with Crippen LogP contribution < -0.4 is 0 Å². The van der Waals surface area contributed by atoms with Crippen LogP contribution in [0.15, 0.2) is 79.9 Å². The lowest BCUT2D eigenvalue weighted by molar-refractivity contribution is 0.254. The highest BCUT2D eigenvalue weighted by Gasteiger charge is 2.20. The summed E-state index contributed by atoms with van der Waals surface area (Å²) in [4.78, 5) is 0. The second-order valence-electron chi connectivity index (χ2n) is 9.79. The van der Waals surface area contributed by atoms with Crippen LogP contribution in [0.5, 0.6) is 0 Å². The van der Waals surface area contributed by atoms with Crippen molar-refractivity contribution in [3.8, 4) is 11.1 Å². The Balaban J connectivity index is 1.36. The van der Waals surface area contributed by atoms with E-state index in [0.29, 0.717) is 11.8 Å². The summed E-state index contributed by atoms with van der Waals surface area (Å²) >= 11 is 0. The first-order valence-corrected chi connectivity index (χ1v) is 12.7. The third-order valence-corrected chi connectivity index (χ3v) is 7.53. The average Bonchev–Trinajstić information content (AvgIpc) is 2.86. The number of rotatable bonds is 10. The highest BCUT2D eigenvalue weighted by molar-refractivity contribution is 5.88. The summed E-state index contributed by atoms with van der Waals surface area (Å²) in [6, 6.07) is 19.0. The smallest absolute Gasteiger partial charge is 0.134 e. The van der Waals surface area contributed by atoms with Crippen LogP contribution in [-0.2, 0) is 12.8 Å². The SMILES string of the molecule is C=CCCc1ccc2cc(-c3ccc(CCC4CCC(CCC=C)CC4)cc3)ccc2c1F. The molecule has 1 aliphatic rings. The second kappa shape index (κ2) is 11.5. The molecule has 1 fully saturated rings. The molecule has 0 amide bonds. The zero-order valence-electron chi connectivity index (χ0n) is 19.9. The predicted octanol–water partition coefficient (Wildman–Crippen LogP) is 9.47. The fourth-order valence-electron chi connectivity index (χ4n) is 5.36. The van der Waals surface area contributed by atoms with Crippen LogP contribution in [0.3, 0.4) is 0 Å². The number of benzene rings is 3. The molecule has 3 aromatic rings. The van der Waals surface area contributed by atoms with Crippen molar-refractivity contribution >= 4 is 10.8 Å². The highest BCUT2D eigenvalue weighted by Crippen LogP contribution is 2.34. The van der Waals surface area contributed by atoms with Crippen molar-refractivity contribution < 1.29 is 4.39 Å². The summed E-state index contributed by atoms with van der Waals surface area (Å²) in [5, 5.41) is 1.66. The zero-order chi connectivity index (χ0) is 23.0. The first kappa shape index (κ1) is 23.5. The number of fused-ring (bicyclic) bond motifs is 1. The maximum Gasteiger partial charge on any atom is 0.134 e. The molecule has 4 rings (SSSR count). The molecule has 0 aliphatic heterocycles. The molecular weight excluding hydrogens is 403 g/mol. The number of halogens is 1. The molecular formula is C32H37F. The first-order valence-electron chi connectivity index (χ1n) is 12.7. The van der Waals surface area contributed by atoms with Gasteiger partial charge in [0.1, 0.15) is 5.82 Å². The van der Waals surface area contributed by atoms with Crippen molar-refractivity contribution in [2.45, 2.75) is 64.2 Å². The molecule has 0 N–H and O–H groups in total. The van der Waals surface area contributed by atoms with Gasteiger partial charge < -0.3 is 0 Å². The van der Waals surface area contributed by atoms with E-state index >= 15 is 0 Å². The molecule has 0 aromatic heterocycles. The predicted molar refractivity (Wildman–Crippen MR) is 141 cm³/mol. The standard InChI is InChI=1S/C32H37F/c1-3-5-7-24-9-11-25(12-10-24)13-14-26-15-17-27(18-16-26)29-21-22-31-30(23-29)20-19-28(32(31)33)8-6-4-2/h3-4,15-25H,1-2,5-14H2. The van der Waals surface area contributed by atoms with Gasteiger partial charge in [0.25, 0.3) is 0 Å². The van der Waals surface area contributed by atoms with Crippen LogP contribution in [-0.4, -0.2) is 0 Å². The number of hydrogen-bond donors (Lipinski definition) is 0. The average molecular weight is 441 g/mol. The maximum absolute atomic E-state index is 14.9. The van der Waals surface area contributed by atoms with E-state index in [-0.39, 0.29) is 5.82 Å². The van der Waals surface area contributed by atoms with Gasteiger partial charge in [-0.25, -0.2) is 4.39 Å². The van der Waals surface area contributed by atoms with Crippen molar-refractivity contribution in [3.05, 3.63) is 96.9 Å². The Labute approximate surface area is 199 Å². The molecule has 0 nitrogen and oxygen atoms in total. The van der Waals surface area contributed by atoms with Gasteiger partial charge in [0.05, 0.1) is 0 Å². The Bertz CT molecular complexity index is 1070. The lowest BCUT2D eigenvalue weighted by Gasteiger charge is -2.28. The molecule has 0 saturated heterocycles. The van der Waals surface area contributed by atoms with E-state index in [1.165, 1.54) is 62.5 Å². The van der Waals surface area contributed by atoms with Crippen LogP contribution in [0, 0.1) is 17.7 Å². The van der Waals surface area contributed by atoms with Crippen molar-refractivity contribution in [2.75, 3.05) is 0 Å². The first-order chi connectivity index (χ1) is 16.2. The van der Waals surface area contributed by atoms with Gasteiger partial charge >= 0.3 is 0 Å². The van der Waals surface area contributed by atoms with E-state index in [4.69, 9.17) is 0 Å². The summed E-state index contributed by atoms with van der Waals surface area (Å²) in [5.74, 6) is 1.72. The Morgan fingerprint density at radius 3 is 2.09 bits per heavy atom. The minimum absolute atomic E-state index is 0.0917. The van der Waals surface area contributed by atoms with E-state index < -0.39 is 0 Å². The molecule has 3 aromatic carbocycles. The van der Waals surface area contributed by atoms with E-state index in [0.717, 1.165) is 34.8 Å². The van der Waals surface area contributed by atoms with E-state index in [2.05, 4.69) is 49.6 Å². The number of aryl methyl sites for hydroxylation is 2. The lowest BCUT2D eigenvalue weighted by Crippen LogP contribution is -2.15. The van der Waals surface area contributed by atoms with Gasteiger partial charge in [0.2, 0.25) is 0 Å². The maximum atomic E-state index is 14.9. The Hall–Kier alpha value is -2.67. The Kier molecular flexibility index (Phi) is 8.15. The Morgan fingerprint density at radius 1 is 0.727 bits per heavy atom. The molecule has 0 bridgehead atoms. The molecule has 0 radical (unpaired) electrons. The van der Waals surface area contributed by atoms with Gasteiger partial charge in [-0.15, -0.1) is 13.2 Å². The summed E-state index contributed by atoms with van der Waals surface area (Å²) in [7, 11) is 0. The van der Waals surface area contributed by atoms with E-state index in [1.807, 2.05) is 30.3 Å². The fraction of sp³-hybridized carbons (Fsp3) is 0.375. The van der Waals surface area contributed by atoms with Gasteiger partial charge in [0, 0.05) is 5.39 Å². The lowest BCUT2D eigenvalue weighted by atomic mass is 9.78. The van der Waals surface area contributed by atoms with E-state index in [1.54, 1.807) is 0 Å². The van der Waals surface area contributed by atoms with E-state index in [9.17, 15) is 4.39 Å². The summed E-state index contributed by atoms with van der Waals surface area (Å²) < 4.78 is 14.9. The van der Waals surface area contributed by atoms with Gasteiger partial charge in [-0.3, -0.25) is 0 Å². The number of allylic oxidation sites excluding steroid dienone is 2. The van der Waals surface area contributed by atoms with Crippen LogP contribution in [0.4, 0.5) is 4.39 Å². The number of hydrogen-bond acceptors (Lipinski definition) is 0. The molecule has 0 atom stereocenters. The van der Waals surface area contributed by atoms with Crippen molar-refractivity contribution in [1.82, 2.24) is 0 Å². The molecule has 1 heteroatoms. The molecule has 33 heavy (non-hydrogen) atoms. The molecule has 0 heterocycles. The second-order valence-corrected chi connectivity index (χ2v) is 9.79.